The molecule has 0 saturated heterocycles. The number of nitrogens with one attached hydrogen (secondary N) is 1. The van der Waals surface area contributed by atoms with Gasteiger partial charge >= 0.3 is 0 Å². The van der Waals surface area contributed by atoms with Gasteiger partial charge in [0.05, 0.1) is 29.6 Å². The lowest BCUT2D eigenvalue weighted by Crippen LogP contribution is -2.15. The van der Waals surface area contributed by atoms with Crippen molar-refractivity contribution in [2.75, 3.05) is 24.8 Å². The maximum Gasteiger partial charge on any atom is 0.234 e. The lowest BCUT2D eigenvalue weighted by Gasteiger charge is -2.10. The zero-order chi connectivity index (χ0) is 19.9. The first-order valence-electron chi connectivity index (χ1n) is 8.75. The van der Waals surface area contributed by atoms with Gasteiger partial charge in [-0.1, -0.05) is 65.3 Å². The number of nitrogens with zero attached hydrogens (tertiary/aromatic N) is 3. The van der Waals surface area contributed by atoms with Crippen molar-refractivity contribution in [1.29, 1.82) is 0 Å². The van der Waals surface area contributed by atoms with E-state index in [1.54, 1.807) is 19.2 Å². The lowest BCUT2D eigenvalue weighted by atomic mass is 10.1. The molecule has 28 heavy (non-hydrogen) atoms. The average Bonchev–Trinajstić information content (AvgIpc) is 3.10. The average molecular weight is 417 g/mol. The first-order valence-corrected chi connectivity index (χ1v) is 10.1. The van der Waals surface area contributed by atoms with Crippen LogP contribution < -0.4 is 5.32 Å². The molecule has 0 aliphatic heterocycles. The Morgan fingerprint density at radius 2 is 1.93 bits per heavy atom. The maximum atomic E-state index is 12.3. The van der Waals surface area contributed by atoms with Gasteiger partial charge in [0.2, 0.25) is 5.91 Å². The summed E-state index contributed by atoms with van der Waals surface area (Å²) >= 11 is 7.42. The number of amides is 1. The van der Waals surface area contributed by atoms with Gasteiger partial charge in [-0.25, -0.2) is 0 Å². The second kappa shape index (κ2) is 9.73. The predicted octanol–water partition coefficient (Wildman–Crippen LogP) is 4.28. The summed E-state index contributed by atoms with van der Waals surface area (Å²) in [6.07, 6.45) is 0. The topological polar surface area (TPSA) is 69.0 Å². The van der Waals surface area contributed by atoms with Crippen molar-refractivity contribution in [2.24, 2.45) is 0 Å². The Morgan fingerprint density at radius 3 is 2.64 bits per heavy atom. The number of methoxy groups -OCH3 is 1. The summed E-state index contributed by atoms with van der Waals surface area (Å²) in [5, 5.41) is 12.6. The van der Waals surface area contributed by atoms with Crippen molar-refractivity contribution in [3.63, 3.8) is 0 Å². The molecule has 0 radical (unpaired) electrons. The molecule has 146 valence electrons. The Labute approximate surface area is 173 Å². The maximum absolute atomic E-state index is 12.3. The molecule has 0 spiro atoms. The largest absolute Gasteiger partial charge is 0.383 e. The second-order valence-corrected chi connectivity index (χ2v) is 7.48. The molecule has 8 heteroatoms. The van der Waals surface area contributed by atoms with Gasteiger partial charge < -0.3 is 10.1 Å². The second-order valence-electron chi connectivity index (χ2n) is 6.13. The van der Waals surface area contributed by atoms with Gasteiger partial charge in [-0.05, 0) is 19.1 Å². The molecule has 0 atom stereocenters. The van der Waals surface area contributed by atoms with Crippen molar-refractivity contribution < 1.29 is 9.53 Å². The number of thioether (sulfide) groups is 1. The van der Waals surface area contributed by atoms with E-state index in [1.807, 2.05) is 47.9 Å². The van der Waals surface area contributed by atoms with E-state index in [0.717, 1.165) is 11.4 Å². The number of ether oxygens (including phenoxy) is 1. The van der Waals surface area contributed by atoms with E-state index < -0.39 is 0 Å². The molecule has 0 aliphatic rings. The number of hydrogen-bond acceptors (Lipinski definition) is 5. The van der Waals surface area contributed by atoms with Gasteiger partial charge in [-0.15, -0.1) is 10.2 Å². The molecule has 0 aliphatic carbocycles. The van der Waals surface area contributed by atoms with Crippen molar-refractivity contribution in [2.45, 2.75) is 18.6 Å². The minimum atomic E-state index is -0.156. The molecule has 0 saturated carbocycles. The molecule has 1 aromatic heterocycles. The van der Waals surface area contributed by atoms with Crippen LogP contribution in [0.2, 0.25) is 5.02 Å². The highest BCUT2D eigenvalue weighted by atomic mass is 35.5. The fraction of sp³-hybridized carbons (Fsp3) is 0.250. The third kappa shape index (κ3) is 5.13. The van der Waals surface area contributed by atoms with Crippen LogP contribution in [0.3, 0.4) is 0 Å². The zero-order valence-corrected chi connectivity index (χ0v) is 17.3. The van der Waals surface area contributed by atoms with E-state index in [4.69, 9.17) is 16.3 Å². The Morgan fingerprint density at radius 1 is 1.18 bits per heavy atom. The minimum absolute atomic E-state index is 0.156. The van der Waals surface area contributed by atoms with Crippen molar-refractivity contribution in [3.05, 3.63) is 59.1 Å². The monoisotopic (exact) mass is 416 g/mol. The van der Waals surface area contributed by atoms with Crippen LogP contribution in [0.15, 0.2) is 53.7 Å². The van der Waals surface area contributed by atoms with E-state index in [1.165, 1.54) is 17.3 Å². The molecular formula is C20H21ClN4O2S. The Balaban J connectivity index is 1.73. The minimum Gasteiger partial charge on any atom is -0.383 e. The Kier molecular flexibility index (Phi) is 7.08. The lowest BCUT2D eigenvalue weighted by molar-refractivity contribution is -0.113. The first kappa shape index (κ1) is 20.4. The molecule has 2 aromatic carbocycles. The number of carbonyl (C=O) groups excluding carboxylic acids is 1. The Hall–Kier alpha value is -2.35. The van der Waals surface area contributed by atoms with Crippen molar-refractivity contribution in [1.82, 2.24) is 14.8 Å². The van der Waals surface area contributed by atoms with Gasteiger partial charge in [0.15, 0.2) is 11.0 Å². The van der Waals surface area contributed by atoms with Crippen LogP contribution in [-0.4, -0.2) is 40.1 Å². The summed E-state index contributed by atoms with van der Waals surface area (Å²) in [6, 6.07) is 15.2. The highest BCUT2D eigenvalue weighted by molar-refractivity contribution is 7.99. The third-order valence-electron chi connectivity index (χ3n) is 4.03. The standard InChI is InChI=1S/C20H21ClN4O2S/c1-14-7-9-15(10-8-14)19-23-24-20(25(19)11-12-27-2)28-13-18(26)22-17-6-4-3-5-16(17)21/h3-10H,11-13H2,1-2H3,(H,22,26). The van der Waals surface area contributed by atoms with Gasteiger partial charge in [0, 0.05) is 12.7 Å². The number of aromatic nitrogens is 3. The molecule has 6 nitrogen and oxygen atoms in total. The van der Waals surface area contributed by atoms with Crippen LogP contribution >= 0.6 is 23.4 Å². The number of halogens is 1. The highest BCUT2D eigenvalue weighted by Gasteiger charge is 2.16. The number of anilines is 1. The van der Waals surface area contributed by atoms with Crippen LogP contribution in [0.1, 0.15) is 5.56 Å². The van der Waals surface area contributed by atoms with Crippen LogP contribution in [0.4, 0.5) is 5.69 Å². The quantitative estimate of drug-likeness (QED) is 0.555. The molecule has 0 fully saturated rings. The molecule has 3 aromatic rings. The molecule has 1 N–H and O–H groups in total. The fourth-order valence-corrected chi connectivity index (χ4v) is 3.52. The number of carbonyl (C=O) groups is 1. The molecule has 1 amide bonds. The molecule has 0 bridgehead atoms. The molecular weight excluding hydrogens is 396 g/mol. The summed E-state index contributed by atoms with van der Waals surface area (Å²) in [5.74, 6) is 0.798. The van der Waals surface area contributed by atoms with Crippen LogP contribution in [0, 0.1) is 6.92 Å². The van der Waals surface area contributed by atoms with Crippen LogP contribution in [-0.2, 0) is 16.1 Å². The highest BCUT2D eigenvalue weighted by Crippen LogP contribution is 2.25. The Bertz CT molecular complexity index is 944. The SMILES string of the molecule is COCCn1c(SCC(=O)Nc2ccccc2Cl)nnc1-c1ccc(C)cc1. The van der Waals surface area contributed by atoms with E-state index in [2.05, 4.69) is 15.5 Å². The van der Waals surface area contributed by atoms with Gasteiger partial charge in [-0.3, -0.25) is 9.36 Å². The molecule has 0 unspecified atom stereocenters. The molecule has 3 rings (SSSR count). The van der Waals surface area contributed by atoms with E-state index in [0.29, 0.717) is 29.0 Å². The third-order valence-corrected chi connectivity index (χ3v) is 5.32. The number of rotatable bonds is 8. The van der Waals surface area contributed by atoms with Crippen molar-refractivity contribution in [3.8, 4) is 11.4 Å². The fourth-order valence-electron chi connectivity index (χ4n) is 2.57. The normalized spacial score (nSPS) is 10.8. The smallest absolute Gasteiger partial charge is 0.234 e. The van der Waals surface area contributed by atoms with E-state index in [-0.39, 0.29) is 11.7 Å². The summed E-state index contributed by atoms with van der Waals surface area (Å²) in [7, 11) is 1.65. The first-order chi connectivity index (χ1) is 13.6. The number of benzene rings is 2. The molecule has 1 heterocycles. The van der Waals surface area contributed by atoms with Crippen LogP contribution in [0.5, 0.6) is 0 Å². The summed E-state index contributed by atoms with van der Waals surface area (Å²) in [4.78, 5) is 12.3. The summed E-state index contributed by atoms with van der Waals surface area (Å²) in [5.41, 5.74) is 2.75. The number of hydrogen-bond donors (Lipinski definition) is 1. The van der Waals surface area contributed by atoms with Crippen LogP contribution in [0.25, 0.3) is 11.4 Å². The summed E-state index contributed by atoms with van der Waals surface area (Å²) in [6.45, 7) is 3.16. The number of para-hydroxylation sites is 1. The number of aryl methyl sites for hydroxylation is 1. The van der Waals surface area contributed by atoms with Crippen molar-refractivity contribution >= 4 is 35.0 Å². The summed E-state index contributed by atoms with van der Waals surface area (Å²) < 4.78 is 7.19. The van der Waals surface area contributed by atoms with E-state index >= 15 is 0 Å². The van der Waals surface area contributed by atoms with Gasteiger partial charge in [-0.2, -0.15) is 0 Å². The van der Waals surface area contributed by atoms with Gasteiger partial charge in [0.1, 0.15) is 0 Å². The van der Waals surface area contributed by atoms with Gasteiger partial charge in [0.25, 0.3) is 0 Å². The zero-order valence-electron chi connectivity index (χ0n) is 15.7. The predicted molar refractivity (Wildman–Crippen MR) is 113 cm³/mol. The van der Waals surface area contributed by atoms with E-state index in [9.17, 15) is 4.79 Å².